The number of nitrogens with one attached hydrogen (secondary N) is 1. The van der Waals surface area contributed by atoms with Crippen molar-refractivity contribution in [2.45, 2.75) is 65.2 Å². The molecule has 0 aromatic heterocycles. The molecule has 0 fully saturated rings. The fraction of sp³-hybridized carbons (Fsp3) is 0.667. The molecule has 3 heteroatoms. The maximum atomic E-state index is 5.98. The molecule has 3 nitrogen and oxygen atoms in total. The molecule has 0 heterocycles. The Hall–Kier alpha value is -1.06. The third-order valence-electron chi connectivity index (χ3n) is 3.71. The zero-order chi connectivity index (χ0) is 15.5. The summed E-state index contributed by atoms with van der Waals surface area (Å²) in [4.78, 5) is 0. The number of hydrogen-bond donors (Lipinski definition) is 1. The molecule has 0 aliphatic heterocycles. The van der Waals surface area contributed by atoms with Crippen molar-refractivity contribution in [1.82, 2.24) is 5.32 Å². The second-order valence-electron chi connectivity index (χ2n) is 5.65. The molecule has 0 radical (unpaired) electrons. The Kier molecular flexibility index (Phi) is 9.11. The third kappa shape index (κ3) is 6.96. The maximum absolute atomic E-state index is 5.98. The standard InChI is InChI=1S/C18H31NO2/c1-5-6-7-8-9-15(2)21-14-17-12-16(13-19-3)10-11-18(17)20-4/h10-12,15,19H,5-9,13-14H2,1-4H3. The van der Waals surface area contributed by atoms with Gasteiger partial charge in [0.1, 0.15) is 5.75 Å². The van der Waals surface area contributed by atoms with Crippen LogP contribution in [0.1, 0.15) is 57.1 Å². The van der Waals surface area contributed by atoms with Crippen molar-refractivity contribution in [2.75, 3.05) is 14.2 Å². The zero-order valence-corrected chi connectivity index (χ0v) is 14.1. The molecular weight excluding hydrogens is 262 g/mol. The Morgan fingerprint density at radius 3 is 2.67 bits per heavy atom. The summed E-state index contributed by atoms with van der Waals surface area (Å²) in [5.41, 5.74) is 2.39. The number of methoxy groups -OCH3 is 1. The van der Waals surface area contributed by atoms with Crippen molar-refractivity contribution in [1.29, 1.82) is 0 Å². The highest BCUT2D eigenvalue weighted by Gasteiger charge is 2.08. The lowest BCUT2D eigenvalue weighted by atomic mass is 10.1. The largest absolute Gasteiger partial charge is 0.496 e. The summed E-state index contributed by atoms with van der Waals surface area (Å²) in [6.07, 6.45) is 6.62. The number of unbranched alkanes of at least 4 members (excludes halogenated alkanes) is 3. The summed E-state index contributed by atoms with van der Waals surface area (Å²) in [5.74, 6) is 0.910. The molecule has 0 saturated heterocycles. The van der Waals surface area contributed by atoms with Crippen LogP contribution in [0.4, 0.5) is 0 Å². The Bertz CT molecular complexity index is 393. The molecule has 0 aliphatic carbocycles. The van der Waals surface area contributed by atoms with Crippen molar-refractivity contribution in [3.8, 4) is 5.75 Å². The summed E-state index contributed by atoms with van der Waals surface area (Å²) in [5, 5.41) is 3.17. The first kappa shape index (κ1) is 18.0. The second-order valence-corrected chi connectivity index (χ2v) is 5.65. The van der Waals surface area contributed by atoms with Gasteiger partial charge >= 0.3 is 0 Å². The van der Waals surface area contributed by atoms with Gasteiger partial charge in [0.2, 0.25) is 0 Å². The third-order valence-corrected chi connectivity index (χ3v) is 3.71. The molecule has 1 aromatic carbocycles. The van der Waals surface area contributed by atoms with E-state index in [1.807, 2.05) is 13.1 Å². The average Bonchev–Trinajstić information content (AvgIpc) is 2.50. The van der Waals surface area contributed by atoms with E-state index in [2.05, 4.69) is 31.3 Å². The maximum Gasteiger partial charge on any atom is 0.124 e. The van der Waals surface area contributed by atoms with Crippen molar-refractivity contribution in [3.63, 3.8) is 0 Å². The van der Waals surface area contributed by atoms with Crippen LogP contribution in [0, 0.1) is 0 Å². The number of hydrogen-bond acceptors (Lipinski definition) is 3. The molecule has 0 spiro atoms. The zero-order valence-electron chi connectivity index (χ0n) is 14.1. The lowest BCUT2D eigenvalue weighted by molar-refractivity contribution is 0.0448. The Balaban J connectivity index is 2.46. The van der Waals surface area contributed by atoms with Gasteiger partial charge in [-0.25, -0.2) is 0 Å². The predicted octanol–water partition coefficient (Wildman–Crippen LogP) is 4.29. The highest BCUT2D eigenvalue weighted by atomic mass is 16.5. The van der Waals surface area contributed by atoms with Gasteiger partial charge in [0.05, 0.1) is 19.8 Å². The van der Waals surface area contributed by atoms with E-state index in [9.17, 15) is 0 Å². The van der Waals surface area contributed by atoms with Gasteiger partial charge in [0, 0.05) is 12.1 Å². The number of ether oxygens (including phenoxy) is 2. The summed E-state index contributed by atoms with van der Waals surface area (Å²) in [6.45, 7) is 5.89. The molecule has 0 saturated carbocycles. The topological polar surface area (TPSA) is 30.5 Å². The van der Waals surface area contributed by atoms with Gasteiger partial charge in [-0.05, 0) is 38.1 Å². The Morgan fingerprint density at radius 1 is 1.19 bits per heavy atom. The van der Waals surface area contributed by atoms with Crippen LogP contribution in [-0.2, 0) is 17.9 Å². The summed E-state index contributed by atoms with van der Waals surface area (Å²) in [7, 11) is 3.67. The van der Waals surface area contributed by atoms with Gasteiger partial charge < -0.3 is 14.8 Å². The highest BCUT2D eigenvalue weighted by molar-refractivity contribution is 5.36. The first-order valence-corrected chi connectivity index (χ1v) is 8.13. The van der Waals surface area contributed by atoms with Crippen molar-refractivity contribution >= 4 is 0 Å². The van der Waals surface area contributed by atoms with E-state index in [0.717, 1.165) is 24.3 Å². The number of rotatable bonds is 11. The average molecular weight is 293 g/mol. The minimum atomic E-state index is 0.305. The fourth-order valence-corrected chi connectivity index (χ4v) is 2.43. The van der Waals surface area contributed by atoms with E-state index >= 15 is 0 Å². The molecular formula is C18H31NO2. The van der Waals surface area contributed by atoms with E-state index in [-0.39, 0.29) is 0 Å². The second kappa shape index (κ2) is 10.6. The SMILES string of the molecule is CCCCCCC(C)OCc1cc(CNC)ccc1OC. The van der Waals surface area contributed by atoms with Crippen LogP contribution in [-0.4, -0.2) is 20.3 Å². The van der Waals surface area contributed by atoms with Crippen LogP contribution < -0.4 is 10.1 Å². The van der Waals surface area contributed by atoms with Crippen LogP contribution >= 0.6 is 0 Å². The molecule has 1 rings (SSSR count). The predicted molar refractivity (Wildman–Crippen MR) is 88.8 cm³/mol. The van der Waals surface area contributed by atoms with Crippen molar-refractivity contribution in [2.24, 2.45) is 0 Å². The van der Waals surface area contributed by atoms with Gasteiger partial charge in [-0.15, -0.1) is 0 Å². The van der Waals surface area contributed by atoms with Crippen LogP contribution in [0.5, 0.6) is 5.75 Å². The summed E-state index contributed by atoms with van der Waals surface area (Å²) < 4.78 is 11.4. The van der Waals surface area contributed by atoms with Gasteiger partial charge in [-0.2, -0.15) is 0 Å². The normalized spacial score (nSPS) is 12.4. The molecule has 1 N–H and O–H groups in total. The quantitative estimate of drug-likeness (QED) is 0.617. The van der Waals surface area contributed by atoms with Gasteiger partial charge in [0.15, 0.2) is 0 Å². The van der Waals surface area contributed by atoms with E-state index < -0.39 is 0 Å². The van der Waals surface area contributed by atoms with E-state index in [4.69, 9.17) is 9.47 Å². The van der Waals surface area contributed by atoms with Crippen LogP contribution in [0.3, 0.4) is 0 Å². The first-order valence-electron chi connectivity index (χ1n) is 8.13. The van der Waals surface area contributed by atoms with Crippen LogP contribution in [0.15, 0.2) is 18.2 Å². The van der Waals surface area contributed by atoms with E-state index in [1.54, 1.807) is 7.11 Å². The Labute approximate surface area is 130 Å². The minimum absolute atomic E-state index is 0.305. The lowest BCUT2D eigenvalue weighted by Crippen LogP contribution is -2.10. The highest BCUT2D eigenvalue weighted by Crippen LogP contribution is 2.22. The molecule has 120 valence electrons. The van der Waals surface area contributed by atoms with Gasteiger partial charge in [-0.3, -0.25) is 0 Å². The molecule has 0 aliphatic rings. The molecule has 1 unspecified atom stereocenters. The molecule has 0 amide bonds. The summed E-state index contributed by atoms with van der Waals surface area (Å²) in [6, 6.07) is 6.28. The van der Waals surface area contributed by atoms with E-state index in [1.165, 1.54) is 31.2 Å². The van der Waals surface area contributed by atoms with Gasteiger partial charge in [0.25, 0.3) is 0 Å². The van der Waals surface area contributed by atoms with Crippen molar-refractivity contribution < 1.29 is 9.47 Å². The smallest absolute Gasteiger partial charge is 0.124 e. The summed E-state index contributed by atoms with van der Waals surface area (Å²) >= 11 is 0. The first-order chi connectivity index (χ1) is 10.2. The van der Waals surface area contributed by atoms with E-state index in [0.29, 0.717) is 12.7 Å². The number of benzene rings is 1. The minimum Gasteiger partial charge on any atom is -0.496 e. The molecule has 21 heavy (non-hydrogen) atoms. The fourth-order valence-electron chi connectivity index (χ4n) is 2.43. The molecule has 1 atom stereocenters. The monoisotopic (exact) mass is 293 g/mol. The Morgan fingerprint density at radius 2 is 2.00 bits per heavy atom. The van der Waals surface area contributed by atoms with Crippen LogP contribution in [0.2, 0.25) is 0 Å². The lowest BCUT2D eigenvalue weighted by Gasteiger charge is -2.15. The van der Waals surface area contributed by atoms with Crippen molar-refractivity contribution in [3.05, 3.63) is 29.3 Å². The van der Waals surface area contributed by atoms with Gasteiger partial charge in [-0.1, -0.05) is 38.7 Å². The molecule has 1 aromatic rings. The molecule has 0 bridgehead atoms. The van der Waals surface area contributed by atoms with Crippen LogP contribution in [0.25, 0.3) is 0 Å².